The van der Waals surface area contributed by atoms with Crippen LogP contribution in [0.15, 0.2) is 0 Å². The van der Waals surface area contributed by atoms with E-state index in [0.29, 0.717) is 26.0 Å². The number of ether oxygens (including phenoxy) is 1. The Kier molecular flexibility index (Phi) is 8.41. The minimum atomic E-state index is -2.12. The predicted molar refractivity (Wildman–Crippen MR) is 59.4 cm³/mol. The average Bonchev–Trinajstić information content (AvgIpc) is 2.16. The van der Waals surface area contributed by atoms with Gasteiger partial charge in [0, 0.05) is 20.3 Å². The fourth-order valence-corrected chi connectivity index (χ4v) is 4.38. The Morgan fingerprint density at radius 2 is 1.71 bits per heavy atom. The maximum absolute atomic E-state index is 5.75. The van der Waals surface area contributed by atoms with Crippen molar-refractivity contribution in [2.45, 2.75) is 26.3 Å². The van der Waals surface area contributed by atoms with Crippen molar-refractivity contribution in [2.75, 3.05) is 33.1 Å². The van der Waals surface area contributed by atoms with Crippen LogP contribution in [0.1, 0.15) is 20.3 Å². The smallest absolute Gasteiger partial charge is 0.364 e. The Hall–Kier alpha value is 0.0569. The summed E-state index contributed by atoms with van der Waals surface area (Å²) in [4.78, 5) is 0. The Morgan fingerprint density at radius 1 is 1.14 bits per heavy atom. The van der Waals surface area contributed by atoms with Crippen molar-refractivity contribution in [1.29, 1.82) is 0 Å². The van der Waals surface area contributed by atoms with Crippen molar-refractivity contribution in [3.05, 3.63) is 0 Å². The normalized spacial score (nSPS) is 12.0. The summed E-state index contributed by atoms with van der Waals surface area (Å²) in [5.41, 5.74) is 5.49. The van der Waals surface area contributed by atoms with Crippen LogP contribution in [-0.4, -0.2) is 41.7 Å². The third-order valence-corrected chi connectivity index (χ3v) is 5.41. The van der Waals surface area contributed by atoms with Crippen LogP contribution in [0.5, 0.6) is 0 Å². The van der Waals surface area contributed by atoms with Gasteiger partial charge in [-0.3, -0.25) is 0 Å². The van der Waals surface area contributed by atoms with Gasteiger partial charge in [0.05, 0.1) is 6.23 Å². The molecular weight excluding hydrogens is 198 g/mol. The molecule has 0 bridgehead atoms. The highest BCUT2D eigenvalue weighted by atomic mass is 28.4. The molecule has 0 aliphatic rings. The van der Waals surface area contributed by atoms with Crippen LogP contribution in [0.4, 0.5) is 0 Å². The van der Waals surface area contributed by atoms with Gasteiger partial charge in [0.2, 0.25) is 0 Å². The van der Waals surface area contributed by atoms with Gasteiger partial charge in [-0.1, -0.05) is 0 Å². The van der Waals surface area contributed by atoms with Gasteiger partial charge >= 0.3 is 8.56 Å². The first-order chi connectivity index (χ1) is 6.74. The highest BCUT2D eigenvalue weighted by molar-refractivity contribution is 6.67. The summed E-state index contributed by atoms with van der Waals surface area (Å²) in [7, 11) is -0.436. The number of methoxy groups -OCH3 is 1. The molecular formula is C9H23NO3Si. The van der Waals surface area contributed by atoms with Crippen LogP contribution in [0, 0.1) is 0 Å². The molecule has 14 heavy (non-hydrogen) atoms. The molecule has 0 rings (SSSR count). The molecule has 0 aromatic carbocycles. The monoisotopic (exact) mass is 221 g/mol. The fourth-order valence-electron chi connectivity index (χ4n) is 1.46. The van der Waals surface area contributed by atoms with E-state index in [1.165, 1.54) is 0 Å². The maximum Gasteiger partial charge on any atom is 0.364 e. The van der Waals surface area contributed by atoms with Crippen molar-refractivity contribution in [3.63, 3.8) is 0 Å². The van der Waals surface area contributed by atoms with E-state index in [0.717, 1.165) is 12.5 Å². The maximum atomic E-state index is 5.75. The fraction of sp³-hybridized carbons (Fsp3) is 1.00. The number of hydrogen-bond donors (Lipinski definition) is 1. The van der Waals surface area contributed by atoms with Gasteiger partial charge in [-0.2, -0.15) is 0 Å². The minimum absolute atomic E-state index is 0.592. The van der Waals surface area contributed by atoms with Crippen molar-refractivity contribution in [1.82, 2.24) is 0 Å². The van der Waals surface area contributed by atoms with Gasteiger partial charge in [-0.15, -0.1) is 0 Å². The van der Waals surface area contributed by atoms with Crippen LogP contribution in [-0.2, 0) is 13.6 Å². The summed E-state index contributed by atoms with van der Waals surface area (Å²) in [5.74, 6) is 0. The molecule has 0 saturated heterocycles. The van der Waals surface area contributed by atoms with E-state index in [4.69, 9.17) is 19.3 Å². The van der Waals surface area contributed by atoms with Crippen LogP contribution in [0.2, 0.25) is 6.04 Å². The summed E-state index contributed by atoms with van der Waals surface area (Å²) in [6, 6.07) is 0.916. The first-order valence-electron chi connectivity index (χ1n) is 5.21. The van der Waals surface area contributed by atoms with Gasteiger partial charge < -0.3 is 19.3 Å². The second-order valence-corrected chi connectivity index (χ2v) is 6.29. The minimum Gasteiger partial charge on any atom is -0.393 e. The van der Waals surface area contributed by atoms with Crippen molar-refractivity contribution >= 4 is 8.56 Å². The van der Waals surface area contributed by atoms with E-state index < -0.39 is 8.56 Å². The van der Waals surface area contributed by atoms with E-state index in [1.54, 1.807) is 7.11 Å². The van der Waals surface area contributed by atoms with Gasteiger partial charge in [0.1, 0.15) is 0 Å². The van der Waals surface area contributed by atoms with Gasteiger partial charge in [-0.25, -0.2) is 0 Å². The Morgan fingerprint density at radius 3 is 2.07 bits per heavy atom. The lowest BCUT2D eigenvalue weighted by molar-refractivity contribution is 0.131. The zero-order chi connectivity index (χ0) is 10.9. The highest BCUT2D eigenvalue weighted by Crippen LogP contribution is 2.16. The molecule has 2 N–H and O–H groups in total. The van der Waals surface area contributed by atoms with Crippen LogP contribution in [0.25, 0.3) is 0 Å². The molecule has 0 aromatic rings. The first-order valence-corrected chi connectivity index (χ1v) is 7.44. The number of nitrogens with two attached hydrogens (primary N) is 1. The molecule has 0 aliphatic heterocycles. The molecule has 0 fully saturated rings. The predicted octanol–water partition coefficient (Wildman–Crippen LogP) is 1.04. The third-order valence-electron chi connectivity index (χ3n) is 1.94. The van der Waals surface area contributed by atoms with Crippen molar-refractivity contribution < 1.29 is 13.6 Å². The second-order valence-electron chi connectivity index (χ2n) is 3.10. The average molecular weight is 221 g/mol. The summed E-state index contributed by atoms with van der Waals surface area (Å²) in [5, 5.41) is 0. The molecule has 0 saturated carbocycles. The number of hydrogen-bond acceptors (Lipinski definition) is 4. The largest absolute Gasteiger partial charge is 0.393 e. The highest BCUT2D eigenvalue weighted by Gasteiger charge is 2.36. The number of rotatable bonds is 9. The molecule has 86 valence electrons. The van der Waals surface area contributed by atoms with Crippen LogP contribution in [0.3, 0.4) is 0 Å². The molecule has 5 heteroatoms. The lowest BCUT2D eigenvalue weighted by Gasteiger charge is -2.29. The van der Waals surface area contributed by atoms with E-state index >= 15 is 0 Å². The molecule has 0 heterocycles. The van der Waals surface area contributed by atoms with E-state index in [9.17, 15) is 0 Å². The summed E-state index contributed by atoms with van der Waals surface area (Å²) in [6.45, 7) is 6.01. The molecule has 0 unspecified atom stereocenters. The molecule has 4 nitrogen and oxygen atoms in total. The molecule has 0 radical (unpaired) electrons. The quantitative estimate of drug-likeness (QED) is 0.591. The van der Waals surface area contributed by atoms with Gasteiger partial charge in [0.25, 0.3) is 0 Å². The molecule has 0 spiro atoms. The SMILES string of the molecule is CCO[Si](CCCN)(COC)OCC. The zero-order valence-corrected chi connectivity index (χ0v) is 10.5. The topological polar surface area (TPSA) is 53.7 Å². The lowest BCUT2D eigenvalue weighted by Crippen LogP contribution is -2.47. The zero-order valence-electron chi connectivity index (χ0n) is 9.54. The summed E-state index contributed by atoms with van der Waals surface area (Å²) in [6.07, 6.45) is 1.53. The van der Waals surface area contributed by atoms with Gasteiger partial charge in [-0.05, 0) is 32.9 Å². The van der Waals surface area contributed by atoms with Crippen LogP contribution >= 0.6 is 0 Å². The lowest BCUT2D eigenvalue weighted by atomic mass is 10.5. The van der Waals surface area contributed by atoms with Crippen molar-refractivity contribution in [3.8, 4) is 0 Å². The Balaban J connectivity index is 4.21. The van der Waals surface area contributed by atoms with E-state index in [2.05, 4.69) is 0 Å². The molecule has 0 atom stereocenters. The Labute approximate surface area is 88.0 Å². The standard InChI is InChI=1S/C9H23NO3Si/c1-4-12-14(9-11-3,13-5-2)8-6-7-10/h4-10H2,1-3H3. The molecule has 0 aromatic heterocycles. The molecule has 0 amide bonds. The van der Waals surface area contributed by atoms with Gasteiger partial charge in [0.15, 0.2) is 0 Å². The second kappa shape index (κ2) is 8.37. The first kappa shape index (κ1) is 14.1. The van der Waals surface area contributed by atoms with Crippen LogP contribution < -0.4 is 5.73 Å². The Bertz CT molecular complexity index is 118. The molecule has 0 aliphatic carbocycles. The van der Waals surface area contributed by atoms with Crippen molar-refractivity contribution in [2.24, 2.45) is 5.73 Å². The third kappa shape index (κ3) is 5.07. The van der Waals surface area contributed by atoms with E-state index in [-0.39, 0.29) is 0 Å². The summed E-state index contributed by atoms with van der Waals surface area (Å²) >= 11 is 0. The van der Waals surface area contributed by atoms with E-state index in [1.807, 2.05) is 13.8 Å². The summed E-state index contributed by atoms with van der Waals surface area (Å²) < 4.78 is 16.7.